The van der Waals surface area contributed by atoms with Gasteiger partial charge >= 0.3 is 0 Å². The van der Waals surface area contributed by atoms with Gasteiger partial charge in [-0.05, 0) is 31.4 Å². The molecule has 2 rings (SSSR count). The number of nitrogens with zero attached hydrogens (tertiary/aromatic N) is 2. The first-order valence-corrected chi connectivity index (χ1v) is 7.30. The van der Waals surface area contributed by atoms with Crippen molar-refractivity contribution in [2.45, 2.75) is 17.7 Å². The molecule has 1 saturated heterocycles. The summed E-state index contributed by atoms with van der Waals surface area (Å²) in [4.78, 5) is 0.373. The molecule has 6 heteroatoms. The van der Waals surface area contributed by atoms with E-state index < -0.39 is 10.0 Å². The van der Waals surface area contributed by atoms with Crippen LogP contribution in [0.3, 0.4) is 0 Å². The maximum atomic E-state index is 12.3. The highest BCUT2D eigenvalue weighted by atomic mass is 32.2. The minimum atomic E-state index is -3.33. The van der Waals surface area contributed by atoms with Gasteiger partial charge in [0.05, 0.1) is 4.90 Å². The van der Waals surface area contributed by atoms with Gasteiger partial charge in [0.25, 0.3) is 0 Å². The molecule has 0 aliphatic carbocycles. The number of aryl methyl sites for hydroxylation is 1. The van der Waals surface area contributed by atoms with Crippen LogP contribution >= 0.6 is 0 Å². The highest BCUT2D eigenvalue weighted by Crippen LogP contribution is 2.23. The van der Waals surface area contributed by atoms with Crippen LogP contribution in [0.1, 0.15) is 12.8 Å². The lowest BCUT2D eigenvalue weighted by Crippen LogP contribution is -2.41. The second kappa shape index (κ2) is 4.80. The molecule has 1 aliphatic heterocycles. The largest absolute Gasteiger partial charge is 0.356 e. The standard InChI is InChI=1S/C11H19N3O2S/c1-13-6-4-11(9-13)17(15,16)14-5-2-3-10(7-12)8-14/h4,6,9-10H,2-3,5,7-8,12H2,1H3. The molecule has 2 N–H and O–H groups in total. The van der Waals surface area contributed by atoms with Gasteiger partial charge in [0, 0.05) is 32.5 Å². The summed E-state index contributed by atoms with van der Waals surface area (Å²) >= 11 is 0. The van der Waals surface area contributed by atoms with E-state index in [1.54, 1.807) is 27.3 Å². The first kappa shape index (κ1) is 12.6. The summed E-state index contributed by atoms with van der Waals surface area (Å²) in [6.07, 6.45) is 5.31. The molecule has 1 unspecified atom stereocenters. The van der Waals surface area contributed by atoms with Gasteiger partial charge in [0.15, 0.2) is 0 Å². The lowest BCUT2D eigenvalue weighted by molar-refractivity contribution is 0.271. The third-order valence-electron chi connectivity index (χ3n) is 3.26. The van der Waals surface area contributed by atoms with Crippen molar-refractivity contribution in [2.24, 2.45) is 18.7 Å². The molecule has 17 heavy (non-hydrogen) atoms. The third kappa shape index (κ3) is 2.53. The van der Waals surface area contributed by atoms with Crippen molar-refractivity contribution in [2.75, 3.05) is 19.6 Å². The molecule has 1 aromatic rings. The van der Waals surface area contributed by atoms with Crippen molar-refractivity contribution in [3.05, 3.63) is 18.5 Å². The molecule has 0 amide bonds. The van der Waals surface area contributed by atoms with E-state index in [9.17, 15) is 8.42 Å². The fraction of sp³-hybridized carbons (Fsp3) is 0.636. The van der Waals surface area contributed by atoms with Gasteiger partial charge in [-0.1, -0.05) is 0 Å². The van der Waals surface area contributed by atoms with Crippen LogP contribution < -0.4 is 5.73 Å². The predicted molar refractivity (Wildman–Crippen MR) is 66.0 cm³/mol. The first-order chi connectivity index (χ1) is 8.04. The molecule has 96 valence electrons. The highest BCUT2D eigenvalue weighted by Gasteiger charge is 2.29. The maximum Gasteiger partial charge on any atom is 0.244 e. The van der Waals surface area contributed by atoms with Crippen LogP contribution in [-0.4, -0.2) is 36.9 Å². The molecule has 0 saturated carbocycles. The zero-order chi connectivity index (χ0) is 12.5. The Kier molecular flexibility index (Phi) is 3.56. The molecule has 0 aromatic carbocycles. The molecule has 1 aromatic heterocycles. The van der Waals surface area contributed by atoms with Crippen LogP contribution in [-0.2, 0) is 17.1 Å². The Morgan fingerprint density at radius 1 is 1.53 bits per heavy atom. The lowest BCUT2D eigenvalue weighted by atomic mass is 10.0. The monoisotopic (exact) mass is 257 g/mol. The van der Waals surface area contributed by atoms with Gasteiger partial charge in [0.1, 0.15) is 0 Å². The Bertz CT molecular complexity index is 481. The van der Waals surface area contributed by atoms with Crippen molar-refractivity contribution >= 4 is 10.0 Å². The zero-order valence-electron chi connectivity index (χ0n) is 10.0. The Morgan fingerprint density at radius 3 is 2.88 bits per heavy atom. The van der Waals surface area contributed by atoms with Gasteiger partial charge in [-0.15, -0.1) is 0 Å². The van der Waals surface area contributed by atoms with Gasteiger partial charge in [-0.2, -0.15) is 4.31 Å². The summed E-state index contributed by atoms with van der Waals surface area (Å²) in [5, 5.41) is 0. The number of hydrogen-bond donors (Lipinski definition) is 1. The zero-order valence-corrected chi connectivity index (χ0v) is 10.9. The van der Waals surface area contributed by atoms with E-state index in [1.807, 2.05) is 7.05 Å². The molecular weight excluding hydrogens is 238 g/mol. The highest BCUT2D eigenvalue weighted by molar-refractivity contribution is 7.89. The Balaban J connectivity index is 2.21. The fourth-order valence-electron chi connectivity index (χ4n) is 2.22. The molecule has 0 bridgehead atoms. The Morgan fingerprint density at radius 2 is 2.29 bits per heavy atom. The quantitative estimate of drug-likeness (QED) is 0.851. The van der Waals surface area contributed by atoms with Gasteiger partial charge in [-0.25, -0.2) is 8.42 Å². The Hall–Kier alpha value is -0.850. The average molecular weight is 257 g/mol. The maximum absolute atomic E-state index is 12.3. The van der Waals surface area contributed by atoms with Crippen LogP contribution in [0.15, 0.2) is 23.4 Å². The number of hydrogen-bond acceptors (Lipinski definition) is 3. The van der Waals surface area contributed by atoms with Crippen molar-refractivity contribution in [3.8, 4) is 0 Å². The SMILES string of the molecule is Cn1ccc(S(=O)(=O)N2CCCC(CN)C2)c1. The van der Waals surface area contributed by atoms with Crippen molar-refractivity contribution in [3.63, 3.8) is 0 Å². The summed E-state index contributed by atoms with van der Waals surface area (Å²) in [5.41, 5.74) is 5.63. The van der Waals surface area contributed by atoms with Crippen LogP contribution in [0.2, 0.25) is 0 Å². The summed E-state index contributed by atoms with van der Waals surface area (Å²) in [6, 6.07) is 1.64. The lowest BCUT2D eigenvalue weighted by Gasteiger charge is -2.30. The molecule has 1 atom stereocenters. The summed E-state index contributed by atoms with van der Waals surface area (Å²) in [6.45, 7) is 1.71. The minimum absolute atomic E-state index is 0.294. The van der Waals surface area contributed by atoms with E-state index in [-0.39, 0.29) is 0 Å². The number of nitrogens with two attached hydrogens (primary N) is 1. The average Bonchev–Trinajstić information content (AvgIpc) is 2.76. The fourth-order valence-corrected chi connectivity index (χ4v) is 3.82. The molecule has 2 heterocycles. The van der Waals surface area contributed by atoms with Crippen LogP contribution in [0, 0.1) is 5.92 Å². The molecule has 5 nitrogen and oxygen atoms in total. The number of sulfonamides is 1. The second-order valence-electron chi connectivity index (χ2n) is 4.62. The van der Waals surface area contributed by atoms with Crippen molar-refractivity contribution in [1.29, 1.82) is 0 Å². The van der Waals surface area contributed by atoms with Gasteiger partial charge in [0.2, 0.25) is 10.0 Å². The van der Waals surface area contributed by atoms with E-state index in [0.29, 0.717) is 30.4 Å². The van der Waals surface area contributed by atoms with Crippen LogP contribution in [0.25, 0.3) is 0 Å². The van der Waals surface area contributed by atoms with Crippen LogP contribution in [0.4, 0.5) is 0 Å². The van der Waals surface area contributed by atoms with E-state index in [2.05, 4.69) is 0 Å². The number of piperidine rings is 1. The molecule has 1 aliphatic rings. The third-order valence-corrected chi connectivity index (χ3v) is 5.11. The van der Waals surface area contributed by atoms with Gasteiger partial charge in [-0.3, -0.25) is 0 Å². The smallest absolute Gasteiger partial charge is 0.244 e. The topological polar surface area (TPSA) is 68.3 Å². The van der Waals surface area contributed by atoms with E-state index in [4.69, 9.17) is 5.73 Å². The van der Waals surface area contributed by atoms with Crippen LogP contribution in [0.5, 0.6) is 0 Å². The van der Waals surface area contributed by atoms with Gasteiger partial charge < -0.3 is 10.3 Å². The molecule has 0 spiro atoms. The van der Waals surface area contributed by atoms with E-state index >= 15 is 0 Å². The predicted octanol–water partition coefficient (Wildman–Crippen LogP) is 0.385. The van der Waals surface area contributed by atoms with E-state index in [0.717, 1.165) is 12.8 Å². The summed E-state index contributed by atoms with van der Waals surface area (Å²) in [5.74, 6) is 0.294. The molecule has 0 radical (unpaired) electrons. The second-order valence-corrected chi connectivity index (χ2v) is 6.56. The number of aromatic nitrogens is 1. The number of rotatable bonds is 3. The first-order valence-electron chi connectivity index (χ1n) is 5.86. The van der Waals surface area contributed by atoms with E-state index in [1.165, 1.54) is 0 Å². The van der Waals surface area contributed by atoms with Crippen molar-refractivity contribution in [1.82, 2.24) is 8.87 Å². The van der Waals surface area contributed by atoms with Crippen molar-refractivity contribution < 1.29 is 8.42 Å². The summed E-state index contributed by atoms with van der Waals surface area (Å²) < 4.78 is 28.0. The molecular formula is C11H19N3O2S. The normalized spacial score (nSPS) is 22.8. The summed E-state index contributed by atoms with van der Waals surface area (Å²) in [7, 11) is -1.51. The Labute approximate surface area is 102 Å². The molecule has 1 fully saturated rings. The minimum Gasteiger partial charge on any atom is -0.356 e.